The number of ether oxygens (including phenoxy) is 1. The number of hydrogen-bond donors (Lipinski definition) is 1. The predicted molar refractivity (Wildman–Crippen MR) is 72.4 cm³/mol. The summed E-state index contributed by atoms with van der Waals surface area (Å²) >= 11 is 0. The van der Waals surface area contributed by atoms with Crippen LogP contribution in [0.2, 0.25) is 0 Å². The van der Waals surface area contributed by atoms with Crippen molar-refractivity contribution in [2.24, 2.45) is 0 Å². The Bertz CT molecular complexity index is 513. The van der Waals surface area contributed by atoms with Crippen molar-refractivity contribution in [3.8, 4) is 0 Å². The molecule has 0 aliphatic rings. The number of rotatable bonds is 5. The van der Waals surface area contributed by atoms with Gasteiger partial charge in [-0.1, -0.05) is 31.5 Å². The maximum absolute atomic E-state index is 10.3. The Labute approximate surface area is 107 Å². The Balaban J connectivity index is 2.29. The number of nitrogens with zero attached hydrogens (tertiary/aromatic N) is 1. The van der Waals surface area contributed by atoms with Crippen LogP contribution in [0.4, 0.5) is 0 Å². The molecule has 1 N–H and O–H groups in total. The van der Waals surface area contributed by atoms with Crippen LogP contribution in [-0.4, -0.2) is 23.3 Å². The molecule has 2 unspecified atom stereocenters. The molecule has 0 saturated carbocycles. The van der Waals surface area contributed by atoms with E-state index in [4.69, 9.17) is 4.74 Å². The summed E-state index contributed by atoms with van der Waals surface area (Å²) in [6, 6.07) is 9.88. The minimum atomic E-state index is -0.618. The number of aromatic nitrogens is 1. The summed E-state index contributed by atoms with van der Waals surface area (Å²) < 4.78 is 5.34. The van der Waals surface area contributed by atoms with Crippen molar-refractivity contribution in [3.05, 3.63) is 42.1 Å². The number of para-hydroxylation sites is 1. The first-order valence-corrected chi connectivity index (χ1v) is 6.31. The van der Waals surface area contributed by atoms with Gasteiger partial charge in [-0.2, -0.15) is 0 Å². The van der Waals surface area contributed by atoms with E-state index >= 15 is 0 Å². The molecule has 3 nitrogen and oxygen atoms in total. The van der Waals surface area contributed by atoms with Gasteiger partial charge in [-0.25, -0.2) is 0 Å². The Kier molecular flexibility index (Phi) is 4.28. The lowest BCUT2D eigenvalue weighted by atomic mass is 10.0. The fraction of sp³-hybridized carbons (Fsp3) is 0.400. The van der Waals surface area contributed by atoms with Gasteiger partial charge in [0.2, 0.25) is 0 Å². The summed E-state index contributed by atoms with van der Waals surface area (Å²) in [6.45, 7) is 2.08. The fourth-order valence-corrected chi connectivity index (χ4v) is 2.15. The maximum Gasteiger partial charge on any atom is 0.107 e. The zero-order chi connectivity index (χ0) is 13.0. The lowest BCUT2D eigenvalue weighted by Crippen LogP contribution is -2.20. The van der Waals surface area contributed by atoms with Crippen LogP contribution in [0.15, 0.2) is 36.5 Å². The van der Waals surface area contributed by atoms with Gasteiger partial charge < -0.3 is 9.84 Å². The normalized spacial score (nSPS) is 14.6. The third-order valence-corrected chi connectivity index (χ3v) is 3.18. The molecule has 0 aliphatic heterocycles. The standard InChI is InChI=1S/C15H19NO2/c1-3-6-14(18-2)15(17)12-9-11-7-4-5-8-13(11)16-10-12/h4-5,7-10,14-15,17H,3,6H2,1-2H3. The molecule has 0 radical (unpaired) electrons. The smallest absolute Gasteiger partial charge is 0.107 e. The van der Waals surface area contributed by atoms with E-state index < -0.39 is 6.10 Å². The highest BCUT2D eigenvalue weighted by Gasteiger charge is 2.20. The molecule has 3 heteroatoms. The van der Waals surface area contributed by atoms with Crippen molar-refractivity contribution in [2.75, 3.05) is 7.11 Å². The van der Waals surface area contributed by atoms with Gasteiger partial charge in [-0.15, -0.1) is 0 Å². The second-order valence-electron chi connectivity index (χ2n) is 4.47. The van der Waals surface area contributed by atoms with Crippen molar-refractivity contribution in [1.29, 1.82) is 0 Å². The summed E-state index contributed by atoms with van der Waals surface area (Å²) in [5.41, 5.74) is 1.76. The topological polar surface area (TPSA) is 42.4 Å². The average Bonchev–Trinajstić information content (AvgIpc) is 2.43. The van der Waals surface area contributed by atoms with Crippen LogP contribution >= 0.6 is 0 Å². The molecule has 1 aromatic heterocycles. The van der Waals surface area contributed by atoms with Gasteiger partial charge in [-0.3, -0.25) is 4.98 Å². The highest BCUT2D eigenvalue weighted by molar-refractivity contribution is 5.78. The highest BCUT2D eigenvalue weighted by atomic mass is 16.5. The summed E-state index contributed by atoms with van der Waals surface area (Å²) in [6.07, 6.45) is 2.76. The van der Waals surface area contributed by atoms with E-state index in [0.717, 1.165) is 29.3 Å². The molecule has 1 heterocycles. The molecule has 1 aromatic carbocycles. The fourth-order valence-electron chi connectivity index (χ4n) is 2.15. The molecule has 0 bridgehead atoms. The Morgan fingerprint density at radius 2 is 2.11 bits per heavy atom. The van der Waals surface area contributed by atoms with E-state index in [9.17, 15) is 5.11 Å². The van der Waals surface area contributed by atoms with Crippen LogP contribution in [0.1, 0.15) is 31.4 Å². The van der Waals surface area contributed by atoms with E-state index in [0.29, 0.717) is 0 Å². The monoisotopic (exact) mass is 245 g/mol. The van der Waals surface area contributed by atoms with E-state index in [1.54, 1.807) is 13.3 Å². The van der Waals surface area contributed by atoms with Gasteiger partial charge in [0.25, 0.3) is 0 Å². The van der Waals surface area contributed by atoms with Gasteiger partial charge in [0.05, 0.1) is 11.6 Å². The predicted octanol–water partition coefficient (Wildman–Crippen LogP) is 3.08. The van der Waals surface area contributed by atoms with E-state index in [1.165, 1.54) is 0 Å². The molecular formula is C15H19NO2. The zero-order valence-electron chi connectivity index (χ0n) is 10.8. The SMILES string of the molecule is CCCC(OC)C(O)c1cnc2ccccc2c1. The molecule has 0 saturated heterocycles. The summed E-state index contributed by atoms with van der Waals surface area (Å²) in [7, 11) is 1.64. The summed E-state index contributed by atoms with van der Waals surface area (Å²) in [5, 5.41) is 11.3. The first-order valence-electron chi connectivity index (χ1n) is 6.31. The Morgan fingerprint density at radius 1 is 1.33 bits per heavy atom. The summed E-state index contributed by atoms with van der Waals surface area (Å²) in [4.78, 5) is 4.36. The molecule has 0 amide bonds. The molecule has 2 atom stereocenters. The third kappa shape index (κ3) is 2.68. The van der Waals surface area contributed by atoms with Gasteiger partial charge in [-0.05, 0) is 18.6 Å². The quantitative estimate of drug-likeness (QED) is 0.880. The molecule has 18 heavy (non-hydrogen) atoms. The molecule has 0 fully saturated rings. The van der Waals surface area contributed by atoms with E-state index in [2.05, 4.69) is 11.9 Å². The Morgan fingerprint density at radius 3 is 2.83 bits per heavy atom. The van der Waals surface area contributed by atoms with Crippen molar-refractivity contribution in [3.63, 3.8) is 0 Å². The maximum atomic E-state index is 10.3. The molecule has 0 spiro atoms. The number of methoxy groups -OCH3 is 1. The van der Waals surface area contributed by atoms with Gasteiger partial charge in [0, 0.05) is 24.3 Å². The average molecular weight is 245 g/mol. The van der Waals surface area contributed by atoms with Crippen molar-refractivity contribution >= 4 is 10.9 Å². The molecule has 2 aromatic rings. The van der Waals surface area contributed by atoms with Gasteiger partial charge >= 0.3 is 0 Å². The number of hydrogen-bond acceptors (Lipinski definition) is 3. The molecule has 2 rings (SSSR count). The zero-order valence-corrected chi connectivity index (χ0v) is 10.8. The highest BCUT2D eigenvalue weighted by Crippen LogP contribution is 2.24. The number of pyridine rings is 1. The number of aliphatic hydroxyl groups is 1. The second kappa shape index (κ2) is 5.94. The van der Waals surface area contributed by atoms with Gasteiger partial charge in [0.1, 0.15) is 6.10 Å². The van der Waals surface area contributed by atoms with Crippen molar-refractivity contribution in [1.82, 2.24) is 4.98 Å². The summed E-state index contributed by atoms with van der Waals surface area (Å²) in [5.74, 6) is 0. The van der Waals surface area contributed by atoms with E-state index in [-0.39, 0.29) is 6.10 Å². The first kappa shape index (κ1) is 13.0. The minimum absolute atomic E-state index is 0.169. The van der Waals surface area contributed by atoms with Crippen LogP contribution in [0.3, 0.4) is 0 Å². The second-order valence-corrected chi connectivity index (χ2v) is 4.47. The minimum Gasteiger partial charge on any atom is -0.386 e. The molecular weight excluding hydrogens is 226 g/mol. The third-order valence-electron chi connectivity index (χ3n) is 3.18. The van der Waals surface area contributed by atoms with Crippen LogP contribution in [0.25, 0.3) is 10.9 Å². The number of benzene rings is 1. The van der Waals surface area contributed by atoms with Crippen LogP contribution in [0, 0.1) is 0 Å². The number of aliphatic hydroxyl groups excluding tert-OH is 1. The van der Waals surface area contributed by atoms with E-state index in [1.807, 2.05) is 30.3 Å². The molecule has 96 valence electrons. The lowest BCUT2D eigenvalue weighted by molar-refractivity contribution is -0.0180. The van der Waals surface area contributed by atoms with Crippen molar-refractivity contribution < 1.29 is 9.84 Å². The van der Waals surface area contributed by atoms with Crippen molar-refractivity contribution in [2.45, 2.75) is 32.0 Å². The Hall–Kier alpha value is -1.45. The van der Waals surface area contributed by atoms with Gasteiger partial charge in [0.15, 0.2) is 0 Å². The first-order chi connectivity index (χ1) is 8.76. The lowest BCUT2D eigenvalue weighted by Gasteiger charge is -2.21. The van der Waals surface area contributed by atoms with Crippen LogP contribution in [-0.2, 0) is 4.74 Å². The number of fused-ring (bicyclic) bond motifs is 1. The largest absolute Gasteiger partial charge is 0.386 e. The van der Waals surface area contributed by atoms with Crippen LogP contribution in [0.5, 0.6) is 0 Å². The van der Waals surface area contributed by atoms with Crippen LogP contribution < -0.4 is 0 Å². The molecule has 0 aliphatic carbocycles.